The van der Waals surface area contributed by atoms with E-state index in [9.17, 15) is 14.9 Å². The van der Waals surface area contributed by atoms with Gasteiger partial charge in [0.2, 0.25) is 0 Å². The number of halogens is 1. The van der Waals surface area contributed by atoms with E-state index in [1.807, 2.05) is 24.0 Å². The number of rotatable bonds is 3. The van der Waals surface area contributed by atoms with Crippen LogP contribution in [0, 0.1) is 17.0 Å². The Kier molecular flexibility index (Phi) is 5.04. The average molecular weight is 473 g/mol. The molecule has 3 heterocycles. The number of aromatic nitrogens is 1. The second-order valence-electron chi connectivity index (χ2n) is 7.38. The molecule has 0 atom stereocenters. The fraction of sp³-hybridized carbons (Fsp3) is 0.238. The van der Waals surface area contributed by atoms with Gasteiger partial charge in [0, 0.05) is 53.4 Å². The fourth-order valence-electron chi connectivity index (χ4n) is 3.73. The first-order valence-electron chi connectivity index (χ1n) is 9.68. The number of nitro groups is 1. The third kappa shape index (κ3) is 3.62. The topological polar surface area (TPSA) is 79.6 Å². The minimum Gasteiger partial charge on any atom is -0.345 e. The van der Waals surface area contributed by atoms with Gasteiger partial charge in [-0.1, -0.05) is 22.9 Å². The molecule has 1 saturated heterocycles. The number of aryl methyl sites for hydroxylation is 1. The van der Waals surface area contributed by atoms with Crippen molar-refractivity contribution in [2.75, 3.05) is 31.1 Å². The molecule has 1 fully saturated rings. The molecule has 1 aliphatic rings. The zero-order valence-corrected chi connectivity index (χ0v) is 18.9. The van der Waals surface area contributed by atoms with Crippen LogP contribution in [0.15, 0.2) is 36.4 Å². The lowest BCUT2D eigenvalue weighted by atomic mass is 10.2. The van der Waals surface area contributed by atoms with Gasteiger partial charge in [-0.15, -0.1) is 11.3 Å². The minimum absolute atomic E-state index is 0.0320. The highest BCUT2D eigenvalue weighted by Gasteiger charge is 2.25. The van der Waals surface area contributed by atoms with Crippen LogP contribution in [0.2, 0.25) is 5.02 Å². The summed E-state index contributed by atoms with van der Waals surface area (Å²) in [5, 5.41) is 13.4. The predicted octanol–water partition coefficient (Wildman–Crippen LogP) is 5.34. The number of non-ortho nitro benzene ring substituents is 1. The number of nitro benzene ring substituents is 1. The van der Waals surface area contributed by atoms with Gasteiger partial charge < -0.3 is 9.80 Å². The summed E-state index contributed by atoms with van der Waals surface area (Å²) in [6.07, 6.45) is 0. The van der Waals surface area contributed by atoms with Crippen molar-refractivity contribution in [1.29, 1.82) is 0 Å². The van der Waals surface area contributed by atoms with E-state index in [4.69, 9.17) is 16.6 Å². The van der Waals surface area contributed by atoms with Crippen molar-refractivity contribution >= 4 is 71.3 Å². The highest BCUT2D eigenvalue weighted by molar-refractivity contribution is 7.22. The number of amides is 1. The zero-order valence-electron chi connectivity index (χ0n) is 16.5. The van der Waals surface area contributed by atoms with Gasteiger partial charge in [0.25, 0.3) is 11.6 Å². The molecule has 1 aliphatic heterocycles. The Morgan fingerprint density at radius 2 is 1.84 bits per heavy atom. The van der Waals surface area contributed by atoms with Crippen LogP contribution in [0.5, 0.6) is 0 Å². The molecule has 0 saturated carbocycles. The third-order valence-electron chi connectivity index (χ3n) is 5.50. The van der Waals surface area contributed by atoms with E-state index in [1.54, 1.807) is 23.5 Å². The van der Waals surface area contributed by atoms with Crippen molar-refractivity contribution in [3.05, 3.63) is 62.0 Å². The number of hydrogen-bond acceptors (Lipinski definition) is 7. The van der Waals surface area contributed by atoms with Crippen molar-refractivity contribution in [2.45, 2.75) is 6.92 Å². The third-order valence-corrected chi connectivity index (χ3v) is 8.09. The normalized spacial score (nSPS) is 14.5. The van der Waals surface area contributed by atoms with Gasteiger partial charge in [-0.2, -0.15) is 0 Å². The minimum atomic E-state index is -0.421. The van der Waals surface area contributed by atoms with E-state index in [0.717, 1.165) is 31.0 Å². The first-order chi connectivity index (χ1) is 14.9. The lowest BCUT2D eigenvalue weighted by molar-refractivity contribution is -0.384. The standard InChI is InChI=1S/C21H17ClN4O3S2/c1-12-15(22)3-5-17-19(12)23-21(31-17)25-8-6-24(7-9-25)20(27)18-11-13-10-14(26(28)29)2-4-16(13)30-18/h2-5,10-11H,6-9H2,1H3. The molecule has 0 N–H and O–H groups in total. The Hall–Kier alpha value is -2.75. The number of carbonyl (C=O) groups excluding carboxylic acids is 1. The summed E-state index contributed by atoms with van der Waals surface area (Å²) < 4.78 is 1.98. The number of carbonyl (C=O) groups is 1. The van der Waals surface area contributed by atoms with E-state index in [-0.39, 0.29) is 11.6 Å². The van der Waals surface area contributed by atoms with Crippen LogP contribution in [0.4, 0.5) is 10.8 Å². The van der Waals surface area contributed by atoms with Gasteiger partial charge in [0.05, 0.1) is 20.0 Å². The van der Waals surface area contributed by atoms with Crippen molar-refractivity contribution < 1.29 is 9.72 Å². The summed E-state index contributed by atoms with van der Waals surface area (Å²) in [5.74, 6) is -0.0320. The SMILES string of the molecule is Cc1c(Cl)ccc2sc(N3CCN(C(=O)c4cc5cc([N+](=O)[O-])ccc5s4)CC3)nc12. The van der Waals surface area contributed by atoms with Gasteiger partial charge in [-0.25, -0.2) is 4.98 Å². The van der Waals surface area contributed by atoms with E-state index in [0.29, 0.717) is 36.1 Å². The molecule has 0 spiro atoms. The lowest BCUT2D eigenvalue weighted by Crippen LogP contribution is -2.48. The second-order valence-corrected chi connectivity index (χ2v) is 9.88. The molecule has 2 aromatic heterocycles. The molecule has 2 aromatic carbocycles. The van der Waals surface area contributed by atoms with Crippen molar-refractivity contribution in [3.63, 3.8) is 0 Å². The summed E-state index contributed by atoms with van der Waals surface area (Å²) in [7, 11) is 0. The number of piperazine rings is 1. The largest absolute Gasteiger partial charge is 0.345 e. The molecule has 0 bridgehead atoms. The molecule has 158 valence electrons. The quantitative estimate of drug-likeness (QED) is 0.297. The Morgan fingerprint density at radius 3 is 2.58 bits per heavy atom. The van der Waals surface area contributed by atoms with Crippen LogP contribution in [0.25, 0.3) is 20.3 Å². The van der Waals surface area contributed by atoms with Crippen molar-refractivity contribution in [2.24, 2.45) is 0 Å². The first-order valence-corrected chi connectivity index (χ1v) is 11.7. The summed E-state index contributed by atoms with van der Waals surface area (Å²) in [5.41, 5.74) is 1.95. The van der Waals surface area contributed by atoms with E-state index < -0.39 is 4.92 Å². The molecule has 0 aliphatic carbocycles. The molecule has 0 unspecified atom stereocenters. The van der Waals surface area contributed by atoms with Crippen LogP contribution >= 0.6 is 34.3 Å². The molecule has 4 aromatic rings. The molecule has 7 nitrogen and oxygen atoms in total. The van der Waals surface area contributed by atoms with Gasteiger partial charge in [0.1, 0.15) is 0 Å². The van der Waals surface area contributed by atoms with Crippen molar-refractivity contribution in [1.82, 2.24) is 9.88 Å². The van der Waals surface area contributed by atoms with Gasteiger partial charge >= 0.3 is 0 Å². The van der Waals surface area contributed by atoms with Crippen molar-refractivity contribution in [3.8, 4) is 0 Å². The van der Waals surface area contributed by atoms with Crippen LogP contribution in [-0.2, 0) is 0 Å². The van der Waals surface area contributed by atoms with Gasteiger partial charge in [-0.3, -0.25) is 14.9 Å². The maximum Gasteiger partial charge on any atom is 0.270 e. The smallest absolute Gasteiger partial charge is 0.270 e. The Balaban J connectivity index is 1.31. The monoisotopic (exact) mass is 472 g/mol. The number of hydrogen-bond donors (Lipinski definition) is 0. The molecule has 31 heavy (non-hydrogen) atoms. The highest BCUT2D eigenvalue weighted by atomic mass is 35.5. The summed E-state index contributed by atoms with van der Waals surface area (Å²) in [4.78, 5) is 33.0. The van der Waals surface area contributed by atoms with Gasteiger partial charge in [0.15, 0.2) is 5.13 Å². The summed E-state index contributed by atoms with van der Waals surface area (Å²) >= 11 is 9.23. The number of fused-ring (bicyclic) bond motifs is 2. The molecular formula is C21H17ClN4O3S2. The zero-order chi connectivity index (χ0) is 21.7. The van der Waals surface area contributed by atoms with E-state index in [2.05, 4.69) is 4.90 Å². The van der Waals surface area contributed by atoms with E-state index >= 15 is 0 Å². The summed E-state index contributed by atoms with van der Waals surface area (Å²) in [6.45, 7) is 4.58. The molecule has 1 amide bonds. The number of benzene rings is 2. The van der Waals surface area contributed by atoms with E-state index in [1.165, 1.54) is 23.5 Å². The fourth-order valence-corrected chi connectivity index (χ4v) is 5.97. The highest BCUT2D eigenvalue weighted by Crippen LogP contribution is 2.34. The molecule has 10 heteroatoms. The number of anilines is 1. The predicted molar refractivity (Wildman–Crippen MR) is 126 cm³/mol. The molecule has 5 rings (SSSR count). The maximum atomic E-state index is 13.0. The number of thiophene rings is 1. The maximum absolute atomic E-state index is 13.0. The average Bonchev–Trinajstić information content (AvgIpc) is 3.40. The van der Waals surface area contributed by atoms with Crippen LogP contribution < -0.4 is 4.90 Å². The van der Waals surface area contributed by atoms with Crippen LogP contribution in [0.3, 0.4) is 0 Å². The number of nitrogens with zero attached hydrogens (tertiary/aromatic N) is 4. The number of thiazole rings is 1. The Morgan fingerprint density at radius 1 is 1.10 bits per heavy atom. The lowest BCUT2D eigenvalue weighted by Gasteiger charge is -2.34. The Bertz CT molecular complexity index is 1340. The molecular weight excluding hydrogens is 456 g/mol. The van der Waals surface area contributed by atoms with Crippen LogP contribution in [0.1, 0.15) is 15.2 Å². The Labute approximate surface area is 190 Å². The van der Waals surface area contributed by atoms with Crippen LogP contribution in [-0.4, -0.2) is 46.9 Å². The van der Waals surface area contributed by atoms with Gasteiger partial charge in [-0.05, 0) is 36.8 Å². The first kappa shape index (κ1) is 20.2. The second kappa shape index (κ2) is 7.74. The summed E-state index contributed by atoms with van der Waals surface area (Å²) in [6, 6.07) is 10.3. The molecule has 0 radical (unpaired) electrons.